The number of benzene rings is 2. The highest BCUT2D eigenvalue weighted by Crippen LogP contribution is 2.22. The lowest BCUT2D eigenvalue weighted by atomic mass is 10.0. The Morgan fingerprint density at radius 3 is 2.50 bits per heavy atom. The van der Waals surface area contributed by atoms with Crippen LogP contribution in [0.2, 0.25) is 0 Å². The summed E-state index contributed by atoms with van der Waals surface area (Å²) in [5.74, 6) is 0.0379. The lowest BCUT2D eigenvalue weighted by Crippen LogP contribution is -2.11. The van der Waals surface area contributed by atoms with Crippen LogP contribution in [0.1, 0.15) is 34.8 Å². The van der Waals surface area contributed by atoms with E-state index in [2.05, 4.69) is 0 Å². The summed E-state index contributed by atoms with van der Waals surface area (Å²) < 4.78 is 5.43. The first-order valence-electron chi connectivity index (χ1n) is 6.57. The first kappa shape index (κ1) is 14.0. The van der Waals surface area contributed by atoms with E-state index in [1.807, 2.05) is 32.0 Å². The number of rotatable bonds is 4. The molecule has 0 amide bonds. The Kier molecular flexibility index (Phi) is 4.31. The Bertz CT molecular complexity index is 633. The van der Waals surface area contributed by atoms with Crippen LogP contribution in [0.3, 0.4) is 0 Å². The van der Waals surface area contributed by atoms with Crippen molar-refractivity contribution >= 4 is 11.7 Å². The average Bonchev–Trinajstić information content (AvgIpc) is 2.49. The third kappa shape index (κ3) is 3.12. The van der Waals surface area contributed by atoms with Gasteiger partial charge in [0.25, 0.3) is 0 Å². The predicted octanol–water partition coefficient (Wildman–Crippen LogP) is 3.99. The largest absolute Gasteiger partial charge is 0.422 e. The van der Waals surface area contributed by atoms with Crippen LogP contribution in [0.15, 0.2) is 48.5 Å². The highest BCUT2D eigenvalue weighted by atomic mass is 16.5. The smallest absolute Gasteiger partial charge is 0.343 e. The molecule has 0 heterocycles. The third-order valence-electron chi connectivity index (χ3n) is 3.03. The van der Waals surface area contributed by atoms with E-state index in [9.17, 15) is 4.79 Å². The molecule has 0 unspecified atom stereocenters. The van der Waals surface area contributed by atoms with Crippen LogP contribution in [0.5, 0.6) is 5.75 Å². The normalized spacial score (nSPS) is 10.1. The molecule has 3 heteroatoms. The van der Waals surface area contributed by atoms with Crippen LogP contribution in [0, 0.1) is 12.3 Å². The Morgan fingerprint density at radius 1 is 1.15 bits per heavy atom. The van der Waals surface area contributed by atoms with Gasteiger partial charge in [-0.2, -0.15) is 0 Å². The SMILES string of the molecule is CCC(=N)c1cc(C)ccc1OC(=O)c1ccccc1. The van der Waals surface area contributed by atoms with Crippen LogP contribution >= 0.6 is 0 Å². The van der Waals surface area contributed by atoms with Gasteiger partial charge in [-0.25, -0.2) is 4.79 Å². The van der Waals surface area contributed by atoms with Gasteiger partial charge >= 0.3 is 5.97 Å². The van der Waals surface area contributed by atoms with Crippen LogP contribution in [-0.4, -0.2) is 11.7 Å². The number of esters is 1. The summed E-state index contributed by atoms with van der Waals surface area (Å²) in [6.07, 6.45) is 0.597. The number of hydrogen-bond donors (Lipinski definition) is 1. The molecular formula is C17H17NO2. The summed E-state index contributed by atoms with van der Waals surface area (Å²) in [5, 5.41) is 7.97. The van der Waals surface area contributed by atoms with Crippen molar-refractivity contribution < 1.29 is 9.53 Å². The van der Waals surface area contributed by atoms with Crippen molar-refractivity contribution in [2.24, 2.45) is 0 Å². The van der Waals surface area contributed by atoms with Gasteiger partial charge in [0, 0.05) is 11.3 Å². The lowest BCUT2D eigenvalue weighted by Gasteiger charge is -2.11. The van der Waals surface area contributed by atoms with Gasteiger partial charge in [0.05, 0.1) is 5.56 Å². The molecule has 102 valence electrons. The van der Waals surface area contributed by atoms with E-state index in [4.69, 9.17) is 10.1 Å². The topological polar surface area (TPSA) is 50.1 Å². The fraction of sp³-hybridized carbons (Fsp3) is 0.176. The summed E-state index contributed by atoms with van der Waals surface area (Å²) in [6.45, 7) is 3.86. The molecule has 0 bridgehead atoms. The minimum atomic E-state index is -0.403. The minimum Gasteiger partial charge on any atom is -0.422 e. The van der Waals surface area contributed by atoms with E-state index in [0.29, 0.717) is 29.0 Å². The van der Waals surface area contributed by atoms with E-state index in [1.54, 1.807) is 30.3 Å². The Morgan fingerprint density at radius 2 is 1.85 bits per heavy atom. The summed E-state index contributed by atoms with van der Waals surface area (Å²) in [6, 6.07) is 14.3. The molecule has 0 aliphatic carbocycles. The van der Waals surface area contributed by atoms with Gasteiger partial charge in [0.1, 0.15) is 5.75 Å². The Hall–Kier alpha value is -2.42. The van der Waals surface area contributed by atoms with Crippen LogP contribution < -0.4 is 4.74 Å². The third-order valence-corrected chi connectivity index (χ3v) is 3.03. The molecule has 0 aliphatic heterocycles. The van der Waals surface area contributed by atoms with Gasteiger partial charge in [0.2, 0.25) is 0 Å². The van der Waals surface area contributed by atoms with Gasteiger partial charge in [-0.05, 0) is 37.6 Å². The molecule has 3 nitrogen and oxygen atoms in total. The molecule has 2 aromatic carbocycles. The molecule has 0 fully saturated rings. The zero-order valence-electron chi connectivity index (χ0n) is 11.6. The number of hydrogen-bond acceptors (Lipinski definition) is 3. The molecule has 0 aromatic heterocycles. The zero-order chi connectivity index (χ0) is 14.5. The van der Waals surface area contributed by atoms with E-state index >= 15 is 0 Å². The maximum atomic E-state index is 12.1. The van der Waals surface area contributed by atoms with Crippen LogP contribution in [0.25, 0.3) is 0 Å². The highest BCUT2D eigenvalue weighted by molar-refractivity contribution is 6.02. The number of carbonyl (C=O) groups excluding carboxylic acids is 1. The maximum absolute atomic E-state index is 12.1. The van der Waals surface area contributed by atoms with Crippen LogP contribution in [-0.2, 0) is 0 Å². The van der Waals surface area contributed by atoms with E-state index in [1.165, 1.54) is 0 Å². The zero-order valence-corrected chi connectivity index (χ0v) is 11.6. The molecule has 20 heavy (non-hydrogen) atoms. The summed E-state index contributed by atoms with van der Waals surface area (Å²) in [4.78, 5) is 12.1. The van der Waals surface area contributed by atoms with Crippen LogP contribution in [0.4, 0.5) is 0 Å². The van der Waals surface area contributed by atoms with E-state index in [-0.39, 0.29) is 0 Å². The van der Waals surface area contributed by atoms with Gasteiger partial charge in [-0.3, -0.25) is 0 Å². The van der Waals surface area contributed by atoms with Crippen molar-refractivity contribution in [2.45, 2.75) is 20.3 Å². The van der Waals surface area contributed by atoms with Crippen molar-refractivity contribution in [1.29, 1.82) is 5.41 Å². The summed E-state index contributed by atoms with van der Waals surface area (Å²) in [5.41, 5.74) is 2.68. The van der Waals surface area contributed by atoms with Gasteiger partial charge in [0.15, 0.2) is 0 Å². The molecule has 0 radical (unpaired) electrons. The standard InChI is InChI=1S/C17H17NO2/c1-3-15(18)14-11-12(2)9-10-16(14)20-17(19)13-7-5-4-6-8-13/h4-11,18H,3H2,1-2H3. The number of nitrogens with one attached hydrogen (secondary N) is 1. The fourth-order valence-electron chi connectivity index (χ4n) is 1.89. The summed E-state index contributed by atoms with van der Waals surface area (Å²) >= 11 is 0. The molecule has 0 saturated heterocycles. The second-order valence-electron chi connectivity index (χ2n) is 4.59. The van der Waals surface area contributed by atoms with Crippen molar-refractivity contribution in [3.8, 4) is 5.75 Å². The first-order chi connectivity index (χ1) is 9.61. The molecule has 0 saturated carbocycles. The maximum Gasteiger partial charge on any atom is 0.343 e. The van der Waals surface area contributed by atoms with Crippen molar-refractivity contribution in [3.05, 3.63) is 65.2 Å². The molecule has 1 N–H and O–H groups in total. The Labute approximate surface area is 118 Å². The number of ether oxygens (including phenoxy) is 1. The quantitative estimate of drug-likeness (QED) is 0.517. The first-order valence-corrected chi connectivity index (χ1v) is 6.57. The van der Waals surface area contributed by atoms with Gasteiger partial charge in [-0.1, -0.05) is 36.8 Å². The molecule has 0 atom stereocenters. The molecular weight excluding hydrogens is 250 g/mol. The molecule has 2 aromatic rings. The lowest BCUT2D eigenvalue weighted by molar-refractivity contribution is 0.0734. The predicted molar refractivity (Wildman–Crippen MR) is 79.7 cm³/mol. The monoisotopic (exact) mass is 267 g/mol. The van der Waals surface area contributed by atoms with E-state index in [0.717, 1.165) is 5.56 Å². The second kappa shape index (κ2) is 6.15. The Balaban J connectivity index is 2.30. The van der Waals surface area contributed by atoms with E-state index < -0.39 is 5.97 Å². The molecule has 2 rings (SSSR count). The highest BCUT2D eigenvalue weighted by Gasteiger charge is 2.13. The average molecular weight is 267 g/mol. The van der Waals surface area contributed by atoms with Crippen molar-refractivity contribution in [3.63, 3.8) is 0 Å². The number of carbonyl (C=O) groups is 1. The number of aryl methyl sites for hydroxylation is 1. The van der Waals surface area contributed by atoms with Crippen molar-refractivity contribution in [1.82, 2.24) is 0 Å². The van der Waals surface area contributed by atoms with Crippen molar-refractivity contribution in [2.75, 3.05) is 0 Å². The van der Waals surface area contributed by atoms with Gasteiger partial charge in [-0.15, -0.1) is 0 Å². The molecule has 0 aliphatic rings. The fourth-order valence-corrected chi connectivity index (χ4v) is 1.89. The summed E-state index contributed by atoms with van der Waals surface area (Å²) in [7, 11) is 0. The van der Waals surface area contributed by atoms with Gasteiger partial charge < -0.3 is 10.1 Å². The second-order valence-corrected chi connectivity index (χ2v) is 4.59. The molecule has 0 spiro atoms. The minimum absolute atomic E-state index is 0.403.